The van der Waals surface area contributed by atoms with Crippen molar-refractivity contribution in [2.24, 2.45) is 0 Å². The van der Waals surface area contributed by atoms with Crippen LogP contribution < -0.4 is 15.4 Å². The molecule has 1 aromatic carbocycles. The Labute approximate surface area is 144 Å². The van der Waals surface area contributed by atoms with Crippen LogP contribution in [0.2, 0.25) is 0 Å². The fourth-order valence-electron chi connectivity index (χ4n) is 2.70. The number of anilines is 1. The summed E-state index contributed by atoms with van der Waals surface area (Å²) in [6, 6.07) is 7.67. The van der Waals surface area contributed by atoms with E-state index in [1.54, 1.807) is 24.3 Å². The smallest absolute Gasteiger partial charge is 0.221 e. The first-order chi connectivity index (χ1) is 10.6. The van der Waals surface area contributed by atoms with Crippen LogP contribution in [0.1, 0.15) is 39.0 Å². The molecule has 0 aromatic heterocycles. The third kappa shape index (κ3) is 7.68. The number of nitrogens with one attached hydrogen (secondary N) is 2. The Bertz CT molecular complexity index is 461. The van der Waals surface area contributed by atoms with Gasteiger partial charge in [-0.25, -0.2) is 0 Å². The highest BCUT2D eigenvalue weighted by Gasteiger charge is 2.14. The number of halogens is 1. The van der Waals surface area contributed by atoms with Gasteiger partial charge in [-0.1, -0.05) is 19.3 Å². The molecular formula is C17H27ClN2O3. The highest BCUT2D eigenvalue weighted by Crippen LogP contribution is 2.18. The van der Waals surface area contributed by atoms with E-state index in [-0.39, 0.29) is 24.9 Å². The van der Waals surface area contributed by atoms with Crippen LogP contribution in [0.3, 0.4) is 0 Å². The van der Waals surface area contributed by atoms with Gasteiger partial charge in [0, 0.05) is 25.2 Å². The van der Waals surface area contributed by atoms with Gasteiger partial charge in [0.15, 0.2) is 0 Å². The van der Waals surface area contributed by atoms with Crippen LogP contribution in [0.15, 0.2) is 24.3 Å². The van der Waals surface area contributed by atoms with E-state index in [1.165, 1.54) is 39.0 Å². The van der Waals surface area contributed by atoms with E-state index in [1.807, 2.05) is 0 Å². The lowest BCUT2D eigenvalue weighted by molar-refractivity contribution is -0.114. The SMILES string of the molecule is CC(=O)Nc1ccc(OCC(O)CNC2CCCCC2)cc1.Cl. The molecule has 1 saturated carbocycles. The summed E-state index contributed by atoms with van der Waals surface area (Å²) < 4.78 is 5.56. The molecule has 130 valence electrons. The van der Waals surface area contributed by atoms with Crippen LogP contribution in [0.25, 0.3) is 0 Å². The average molecular weight is 343 g/mol. The second kappa shape index (κ2) is 10.5. The summed E-state index contributed by atoms with van der Waals surface area (Å²) in [6.45, 7) is 2.30. The number of carbonyl (C=O) groups excluding carboxylic acids is 1. The predicted molar refractivity (Wildman–Crippen MR) is 94.4 cm³/mol. The molecule has 0 saturated heterocycles. The Balaban J connectivity index is 0.00000264. The van der Waals surface area contributed by atoms with Crippen LogP contribution in [0.5, 0.6) is 5.75 Å². The van der Waals surface area contributed by atoms with Gasteiger partial charge < -0.3 is 20.5 Å². The number of benzene rings is 1. The minimum absolute atomic E-state index is 0. The molecule has 1 fully saturated rings. The Morgan fingerprint density at radius 2 is 1.91 bits per heavy atom. The third-order valence-corrected chi connectivity index (χ3v) is 3.86. The zero-order valence-electron chi connectivity index (χ0n) is 13.6. The third-order valence-electron chi connectivity index (χ3n) is 3.86. The average Bonchev–Trinajstić information content (AvgIpc) is 2.53. The minimum Gasteiger partial charge on any atom is -0.491 e. The van der Waals surface area contributed by atoms with Gasteiger partial charge in [-0.15, -0.1) is 12.4 Å². The van der Waals surface area contributed by atoms with Gasteiger partial charge in [-0.05, 0) is 37.1 Å². The molecule has 1 amide bonds. The van der Waals surface area contributed by atoms with E-state index in [0.29, 0.717) is 18.3 Å². The summed E-state index contributed by atoms with van der Waals surface area (Å²) in [6.07, 6.45) is 5.79. The molecule has 0 heterocycles. The normalized spacial score (nSPS) is 16.3. The van der Waals surface area contributed by atoms with Crippen molar-refractivity contribution in [3.8, 4) is 5.75 Å². The lowest BCUT2D eigenvalue weighted by Crippen LogP contribution is -2.38. The molecule has 0 radical (unpaired) electrons. The number of amides is 1. The van der Waals surface area contributed by atoms with E-state index in [9.17, 15) is 9.90 Å². The number of aliphatic hydroxyl groups is 1. The van der Waals surface area contributed by atoms with Gasteiger partial charge in [0.05, 0.1) is 0 Å². The summed E-state index contributed by atoms with van der Waals surface area (Å²) in [7, 11) is 0. The Morgan fingerprint density at radius 3 is 2.52 bits per heavy atom. The Kier molecular flexibility index (Phi) is 8.99. The van der Waals surface area contributed by atoms with Crippen molar-refractivity contribution in [3.63, 3.8) is 0 Å². The molecule has 1 aromatic rings. The maximum atomic E-state index is 10.9. The summed E-state index contributed by atoms with van der Waals surface area (Å²) >= 11 is 0. The van der Waals surface area contributed by atoms with E-state index in [0.717, 1.165) is 5.69 Å². The number of ether oxygens (including phenoxy) is 1. The molecule has 1 aliphatic rings. The highest BCUT2D eigenvalue weighted by molar-refractivity contribution is 5.88. The van der Waals surface area contributed by atoms with Gasteiger partial charge >= 0.3 is 0 Å². The van der Waals surface area contributed by atoms with Crippen molar-refractivity contribution in [1.82, 2.24) is 5.32 Å². The summed E-state index contributed by atoms with van der Waals surface area (Å²) in [5.41, 5.74) is 0.736. The number of hydrogen-bond acceptors (Lipinski definition) is 4. The zero-order chi connectivity index (χ0) is 15.8. The number of aliphatic hydroxyl groups excluding tert-OH is 1. The van der Waals surface area contributed by atoms with Gasteiger partial charge in [0.1, 0.15) is 18.5 Å². The van der Waals surface area contributed by atoms with Crippen molar-refractivity contribution in [2.45, 2.75) is 51.2 Å². The van der Waals surface area contributed by atoms with Crippen molar-refractivity contribution in [3.05, 3.63) is 24.3 Å². The van der Waals surface area contributed by atoms with Crippen molar-refractivity contribution in [1.29, 1.82) is 0 Å². The second-order valence-electron chi connectivity index (χ2n) is 5.91. The lowest BCUT2D eigenvalue weighted by atomic mass is 9.95. The van der Waals surface area contributed by atoms with Crippen molar-refractivity contribution in [2.75, 3.05) is 18.5 Å². The molecule has 5 nitrogen and oxygen atoms in total. The fourth-order valence-corrected chi connectivity index (χ4v) is 2.70. The first-order valence-corrected chi connectivity index (χ1v) is 8.05. The van der Waals surface area contributed by atoms with Crippen LogP contribution in [-0.4, -0.2) is 36.3 Å². The van der Waals surface area contributed by atoms with Gasteiger partial charge in [-0.3, -0.25) is 4.79 Å². The predicted octanol–water partition coefficient (Wildman–Crippen LogP) is 2.73. The van der Waals surface area contributed by atoms with Crippen LogP contribution in [0.4, 0.5) is 5.69 Å². The molecular weight excluding hydrogens is 316 g/mol. The largest absolute Gasteiger partial charge is 0.491 e. The Hall–Kier alpha value is -1.30. The van der Waals surface area contributed by atoms with E-state index >= 15 is 0 Å². The maximum absolute atomic E-state index is 10.9. The van der Waals surface area contributed by atoms with Crippen molar-refractivity contribution < 1.29 is 14.6 Å². The van der Waals surface area contributed by atoms with Gasteiger partial charge in [0.25, 0.3) is 0 Å². The molecule has 6 heteroatoms. The molecule has 0 aliphatic heterocycles. The Morgan fingerprint density at radius 1 is 1.26 bits per heavy atom. The van der Waals surface area contributed by atoms with Crippen LogP contribution in [0, 0.1) is 0 Å². The number of rotatable bonds is 7. The fraction of sp³-hybridized carbons (Fsp3) is 0.588. The highest BCUT2D eigenvalue weighted by atomic mass is 35.5. The summed E-state index contributed by atoms with van der Waals surface area (Å²) in [5.74, 6) is 0.587. The molecule has 1 atom stereocenters. The zero-order valence-corrected chi connectivity index (χ0v) is 14.4. The van der Waals surface area contributed by atoms with Gasteiger partial charge in [-0.2, -0.15) is 0 Å². The maximum Gasteiger partial charge on any atom is 0.221 e. The van der Waals surface area contributed by atoms with Crippen LogP contribution >= 0.6 is 12.4 Å². The molecule has 1 aliphatic carbocycles. The number of carbonyl (C=O) groups is 1. The summed E-state index contributed by atoms with van der Waals surface area (Å²) in [4.78, 5) is 10.9. The topological polar surface area (TPSA) is 70.6 Å². The van der Waals surface area contributed by atoms with Crippen molar-refractivity contribution >= 4 is 24.0 Å². The van der Waals surface area contributed by atoms with E-state index < -0.39 is 6.10 Å². The molecule has 0 spiro atoms. The minimum atomic E-state index is -0.517. The molecule has 23 heavy (non-hydrogen) atoms. The molecule has 2 rings (SSSR count). The molecule has 0 bridgehead atoms. The molecule has 3 N–H and O–H groups in total. The quantitative estimate of drug-likeness (QED) is 0.712. The molecule has 1 unspecified atom stereocenters. The first kappa shape index (κ1) is 19.7. The van der Waals surface area contributed by atoms with E-state index in [2.05, 4.69) is 10.6 Å². The first-order valence-electron chi connectivity index (χ1n) is 8.05. The van der Waals surface area contributed by atoms with Crippen LogP contribution in [-0.2, 0) is 4.79 Å². The second-order valence-corrected chi connectivity index (χ2v) is 5.91. The monoisotopic (exact) mass is 342 g/mol. The summed E-state index contributed by atoms with van der Waals surface area (Å²) in [5, 5.41) is 16.1. The van der Waals surface area contributed by atoms with Gasteiger partial charge in [0.2, 0.25) is 5.91 Å². The standard InChI is InChI=1S/C17H26N2O3.ClH/c1-13(20)19-15-7-9-17(10-8-15)22-12-16(21)11-18-14-5-3-2-4-6-14;/h7-10,14,16,18,21H,2-6,11-12H2,1H3,(H,19,20);1H. The van der Waals surface area contributed by atoms with E-state index in [4.69, 9.17) is 4.74 Å². The number of hydrogen-bond donors (Lipinski definition) is 3. The lowest BCUT2D eigenvalue weighted by Gasteiger charge is -2.24.